The number of carbonyl (C=O) groups is 1. The standard InChI is InChI=1S/C20H29N3O3.3ClH.H2O/c24-19(26-18-14-23-10-6-15(18)7-11-23)20(25,16-4-2-1-3-5-16)12-17-13-21-8-9-22-17;;;;/h1-5,15,17-18,21-22,25H,6-14H2;3*1H;1H2. The third-order valence-corrected chi connectivity index (χ3v) is 6.11. The number of carbonyl (C=O) groups excluding carboxylic acids is 1. The van der Waals surface area contributed by atoms with Gasteiger partial charge in [-0.15, -0.1) is 37.2 Å². The van der Waals surface area contributed by atoms with Crippen molar-refractivity contribution in [3.8, 4) is 0 Å². The Balaban J connectivity index is 0.00000210. The molecule has 174 valence electrons. The van der Waals surface area contributed by atoms with Crippen molar-refractivity contribution < 1.29 is 20.1 Å². The number of nitrogens with zero attached hydrogens (tertiary/aromatic N) is 1. The summed E-state index contributed by atoms with van der Waals surface area (Å²) >= 11 is 0. The predicted molar refractivity (Wildman–Crippen MR) is 124 cm³/mol. The Morgan fingerprint density at radius 2 is 1.80 bits per heavy atom. The van der Waals surface area contributed by atoms with Crippen molar-refractivity contribution in [1.29, 1.82) is 0 Å². The molecule has 1 aromatic carbocycles. The molecule has 3 unspecified atom stereocenters. The minimum Gasteiger partial charge on any atom is -0.458 e. The number of piperazine rings is 1. The van der Waals surface area contributed by atoms with Crippen LogP contribution in [0.1, 0.15) is 24.8 Å². The fourth-order valence-electron chi connectivity index (χ4n) is 4.53. The minimum absolute atomic E-state index is 0. The molecule has 0 aromatic heterocycles. The molecular formula is C20H34Cl3N3O4. The Morgan fingerprint density at radius 3 is 2.33 bits per heavy atom. The largest absolute Gasteiger partial charge is 0.458 e. The van der Waals surface area contributed by atoms with Gasteiger partial charge in [0.05, 0.1) is 0 Å². The van der Waals surface area contributed by atoms with Crippen LogP contribution in [0.15, 0.2) is 30.3 Å². The van der Waals surface area contributed by atoms with Crippen LogP contribution in [-0.2, 0) is 15.1 Å². The second-order valence-electron chi connectivity index (χ2n) is 7.87. The second-order valence-corrected chi connectivity index (χ2v) is 7.87. The number of aliphatic hydroxyl groups is 1. The van der Waals surface area contributed by atoms with Crippen LogP contribution < -0.4 is 10.6 Å². The highest BCUT2D eigenvalue weighted by Gasteiger charge is 2.45. The van der Waals surface area contributed by atoms with Gasteiger partial charge in [0.25, 0.3) is 0 Å². The van der Waals surface area contributed by atoms with Gasteiger partial charge in [0, 0.05) is 38.6 Å². The van der Waals surface area contributed by atoms with E-state index in [1.165, 1.54) is 0 Å². The summed E-state index contributed by atoms with van der Waals surface area (Å²) in [6.45, 7) is 5.47. The number of nitrogens with one attached hydrogen (secondary N) is 2. The number of halogens is 3. The smallest absolute Gasteiger partial charge is 0.343 e. The number of hydrogen-bond donors (Lipinski definition) is 3. The molecule has 5 N–H and O–H groups in total. The first-order valence-corrected chi connectivity index (χ1v) is 9.80. The van der Waals surface area contributed by atoms with Crippen molar-refractivity contribution in [2.24, 2.45) is 5.92 Å². The van der Waals surface area contributed by atoms with E-state index < -0.39 is 11.6 Å². The van der Waals surface area contributed by atoms with Gasteiger partial charge in [0.15, 0.2) is 5.60 Å². The summed E-state index contributed by atoms with van der Waals surface area (Å²) in [7, 11) is 0. The Morgan fingerprint density at radius 1 is 1.13 bits per heavy atom. The van der Waals surface area contributed by atoms with Crippen molar-refractivity contribution in [2.75, 3.05) is 39.3 Å². The molecule has 4 aliphatic rings. The number of ether oxygens (including phenoxy) is 1. The maximum Gasteiger partial charge on any atom is 0.343 e. The molecule has 4 fully saturated rings. The van der Waals surface area contributed by atoms with Gasteiger partial charge in [-0.1, -0.05) is 30.3 Å². The summed E-state index contributed by atoms with van der Waals surface area (Å²) in [6, 6.07) is 9.27. The van der Waals surface area contributed by atoms with E-state index in [4.69, 9.17) is 4.74 Å². The van der Waals surface area contributed by atoms with Crippen LogP contribution in [0, 0.1) is 5.92 Å². The third kappa shape index (κ3) is 6.43. The predicted octanol–water partition coefficient (Wildman–Crippen LogP) is 0.904. The van der Waals surface area contributed by atoms with Crippen molar-refractivity contribution in [3.63, 3.8) is 0 Å². The van der Waals surface area contributed by atoms with Gasteiger partial charge < -0.3 is 26.0 Å². The monoisotopic (exact) mass is 485 g/mol. The van der Waals surface area contributed by atoms with Crippen molar-refractivity contribution >= 4 is 43.2 Å². The van der Waals surface area contributed by atoms with E-state index in [2.05, 4.69) is 15.5 Å². The van der Waals surface area contributed by atoms with Crippen molar-refractivity contribution in [1.82, 2.24) is 15.5 Å². The number of esters is 1. The highest BCUT2D eigenvalue weighted by Crippen LogP contribution is 2.34. The minimum atomic E-state index is -1.62. The molecule has 30 heavy (non-hydrogen) atoms. The summed E-state index contributed by atoms with van der Waals surface area (Å²) < 4.78 is 5.91. The van der Waals surface area contributed by atoms with Gasteiger partial charge in [-0.2, -0.15) is 0 Å². The van der Waals surface area contributed by atoms with Crippen molar-refractivity contribution in [2.45, 2.75) is 37.0 Å². The fourth-order valence-corrected chi connectivity index (χ4v) is 4.53. The molecule has 0 aliphatic carbocycles. The van der Waals surface area contributed by atoms with Crippen LogP contribution in [0.5, 0.6) is 0 Å². The number of piperidine rings is 3. The fraction of sp³-hybridized carbons (Fsp3) is 0.650. The molecule has 0 spiro atoms. The van der Waals surface area contributed by atoms with Gasteiger partial charge >= 0.3 is 5.97 Å². The molecule has 10 heteroatoms. The molecule has 3 atom stereocenters. The topological polar surface area (TPSA) is 105 Å². The van der Waals surface area contributed by atoms with E-state index in [0.717, 1.165) is 52.1 Å². The molecule has 5 rings (SSSR count). The van der Waals surface area contributed by atoms with Gasteiger partial charge in [-0.3, -0.25) is 4.90 Å². The zero-order chi connectivity index (χ0) is 18.0. The lowest BCUT2D eigenvalue weighted by atomic mass is 9.84. The Labute approximate surface area is 196 Å². The quantitative estimate of drug-likeness (QED) is 0.534. The zero-order valence-electron chi connectivity index (χ0n) is 16.9. The van der Waals surface area contributed by atoms with Crippen molar-refractivity contribution in [3.05, 3.63) is 35.9 Å². The second kappa shape index (κ2) is 13.0. The molecule has 7 nitrogen and oxygen atoms in total. The summed E-state index contributed by atoms with van der Waals surface area (Å²) in [6.07, 6.45) is 2.37. The third-order valence-electron chi connectivity index (χ3n) is 6.11. The maximum atomic E-state index is 13.1. The average Bonchev–Trinajstić information content (AvgIpc) is 2.70. The average molecular weight is 487 g/mol. The summed E-state index contributed by atoms with van der Waals surface area (Å²) in [5.74, 6) is -0.0757. The number of rotatable bonds is 5. The molecular weight excluding hydrogens is 453 g/mol. The van der Waals surface area contributed by atoms with Gasteiger partial charge in [0.1, 0.15) is 6.10 Å². The first kappa shape index (κ1) is 29.4. The summed E-state index contributed by atoms with van der Waals surface area (Å²) in [5.41, 5.74) is -1.01. The van der Waals surface area contributed by atoms with E-state index in [1.807, 2.05) is 30.3 Å². The van der Waals surface area contributed by atoms with E-state index >= 15 is 0 Å². The van der Waals surface area contributed by atoms with E-state index in [1.54, 1.807) is 0 Å². The Hall–Kier alpha value is -0.640. The van der Waals surface area contributed by atoms with E-state index in [-0.39, 0.29) is 54.8 Å². The molecule has 4 heterocycles. The van der Waals surface area contributed by atoms with Gasteiger partial charge in [-0.05, 0) is 37.4 Å². The molecule has 0 saturated carbocycles. The highest BCUT2D eigenvalue weighted by molar-refractivity contribution is 5.86. The lowest BCUT2D eigenvalue weighted by Crippen LogP contribution is -2.55. The van der Waals surface area contributed by atoms with Crippen LogP contribution in [0.2, 0.25) is 0 Å². The number of hydrogen-bond acceptors (Lipinski definition) is 6. The lowest BCUT2D eigenvalue weighted by molar-refractivity contribution is -0.183. The number of benzene rings is 1. The first-order valence-electron chi connectivity index (χ1n) is 9.80. The number of fused-ring (bicyclic) bond motifs is 3. The molecule has 2 bridgehead atoms. The molecule has 4 aliphatic heterocycles. The zero-order valence-corrected chi connectivity index (χ0v) is 19.4. The van der Waals surface area contributed by atoms with Crippen LogP contribution in [0.4, 0.5) is 0 Å². The van der Waals surface area contributed by atoms with Gasteiger partial charge in [-0.25, -0.2) is 4.79 Å². The van der Waals surface area contributed by atoms with E-state index in [9.17, 15) is 9.90 Å². The van der Waals surface area contributed by atoms with Crippen LogP contribution >= 0.6 is 37.2 Å². The highest BCUT2D eigenvalue weighted by atomic mass is 35.5. The normalized spacial score (nSPS) is 29.0. The van der Waals surface area contributed by atoms with Crippen LogP contribution in [0.3, 0.4) is 0 Å². The maximum absolute atomic E-state index is 13.1. The van der Waals surface area contributed by atoms with E-state index in [0.29, 0.717) is 17.9 Å². The van der Waals surface area contributed by atoms with Crippen LogP contribution in [-0.4, -0.2) is 72.9 Å². The summed E-state index contributed by atoms with van der Waals surface area (Å²) in [4.78, 5) is 15.5. The summed E-state index contributed by atoms with van der Waals surface area (Å²) in [5, 5.41) is 18.2. The molecule has 0 radical (unpaired) electrons. The molecule has 4 saturated heterocycles. The lowest BCUT2D eigenvalue weighted by Gasteiger charge is -2.45. The Kier molecular flexibility index (Phi) is 12.8. The SMILES string of the molecule is Cl.Cl.Cl.O.O=C(OC1CN2CCC1CC2)C(O)(CC1CNCCN1)c1ccccc1. The molecule has 0 amide bonds. The first-order chi connectivity index (χ1) is 12.6. The Bertz CT molecular complexity index is 629. The van der Waals surface area contributed by atoms with Gasteiger partial charge in [0.2, 0.25) is 0 Å². The van der Waals surface area contributed by atoms with Crippen LogP contribution in [0.25, 0.3) is 0 Å². The molecule has 1 aromatic rings.